The van der Waals surface area contributed by atoms with Gasteiger partial charge in [-0.2, -0.15) is 0 Å². The van der Waals surface area contributed by atoms with Crippen molar-refractivity contribution in [1.82, 2.24) is 9.80 Å². The fourth-order valence-corrected chi connectivity index (χ4v) is 1.92. The lowest BCUT2D eigenvalue weighted by molar-refractivity contribution is -0.147. The van der Waals surface area contributed by atoms with Gasteiger partial charge in [0.1, 0.15) is 0 Å². The average Bonchev–Trinajstić information content (AvgIpc) is 2.21. The maximum Gasteiger partial charge on any atom is 0.242 e. The second kappa shape index (κ2) is 4.82. The molecule has 1 aliphatic heterocycles. The number of likely N-dealkylation sites (N-methyl/N-ethyl adjacent to an activating group) is 1. The van der Waals surface area contributed by atoms with E-state index in [4.69, 9.17) is 5.73 Å². The van der Waals surface area contributed by atoms with Crippen LogP contribution in [-0.4, -0.2) is 53.8 Å². The Hall–Kier alpha value is -1.10. The van der Waals surface area contributed by atoms with E-state index in [1.54, 1.807) is 23.8 Å². The first-order valence-electron chi connectivity index (χ1n) is 5.70. The van der Waals surface area contributed by atoms with E-state index in [2.05, 4.69) is 0 Å². The van der Waals surface area contributed by atoms with E-state index in [0.29, 0.717) is 19.5 Å². The van der Waals surface area contributed by atoms with Gasteiger partial charge in [-0.15, -0.1) is 0 Å². The zero-order chi connectivity index (χ0) is 12.3. The molecule has 1 rings (SSSR count). The summed E-state index contributed by atoms with van der Waals surface area (Å²) in [7, 11) is 1.75. The van der Waals surface area contributed by atoms with Gasteiger partial charge < -0.3 is 15.5 Å². The van der Waals surface area contributed by atoms with Crippen molar-refractivity contribution in [3.63, 3.8) is 0 Å². The van der Waals surface area contributed by atoms with Gasteiger partial charge >= 0.3 is 0 Å². The largest absolute Gasteiger partial charge is 0.342 e. The quantitative estimate of drug-likeness (QED) is 0.726. The highest BCUT2D eigenvalue weighted by Gasteiger charge is 2.34. The molecule has 1 aliphatic rings. The molecule has 0 bridgehead atoms. The summed E-state index contributed by atoms with van der Waals surface area (Å²) in [6, 6.07) is 0. The maximum atomic E-state index is 12.1. The molecule has 16 heavy (non-hydrogen) atoms. The van der Waals surface area contributed by atoms with Crippen molar-refractivity contribution >= 4 is 11.8 Å². The molecule has 0 spiro atoms. The number of hydrogen-bond donors (Lipinski definition) is 1. The van der Waals surface area contributed by atoms with Gasteiger partial charge in [-0.25, -0.2) is 0 Å². The van der Waals surface area contributed by atoms with Crippen LogP contribution in [0.1, 0.15) is 26.7 Å². The van der Waals surface area contributed by atoms with Crippen LogP contribution in [0, 0.1) is 0 Å². The minimum atomic E-state index is -0.842. The Morgan fingerprint density at radius 3 is 2.62 bits per heavy atom. The highest BCUT2D eigenvalue weighted by molar-refractivity contribution is 5.90. The Balaban J connectivity index is 2.65. The Labute approximate surface area is 96.6 Å². The molecule has 0 radical (unpaired) electrons. The number of carbonyl (C=O) groups excluding carboxylic acids is 2. The molecular weight excluding hydrogens is 206 g/mol. The van der Waals surface area contributed by atoms with Crippen molar-refractivity contribution in [1.29, 1.82) is 0 Å². The summed E-state index contributed by atoms with van der Waals surface area (Å²) in [5.41, 5.74) is 5.12. The maximum absolute atomic E-state index is 12.1. The number of nitrogens with zero attached hydrogens (tertiary/aromatic N) is 2. The smallest absolute Gasteiger partial charge is 0.242 e. The fourth-order valence-electron chi connectivity index (χ4n) is 1.92. The molecule has 0 aromatic rings. The molecule has 1 unspecified atom stereocenters. The molecule has 92 valence electrons. The van der Waals surface area contributed by atoms with Crippen molar-refractivity contribution < 1.29 is 9.59 Å². The lowest BCUT2D eigenvalue weighted by atomic mass is 9.95. The summed E-state index contributed by atoms with van der Waals surface area (Å²) in [4.78, 5) is 26.8. The Morgan fingerprint density at radius 1 is 1.50 bits per heavy atom. The zero-order valence-electron chi connectivity index (χ0n) is 10.3. The van der Waals surface area contributed by atoms with Gasteiger partial charge in [-0.3, -0.25) is 9.59 Å². The fraction of sp³-hybridized carbons (Fsp3) is 0.818. The summed E-state index contributed by atoms with van der Waals surface area (Å²) in [5.74, 6) is -0.136. The van der Waals surface area contributed by atoms with Crippen LogP contribution in [0.15, 0.2) is 0 Å². The molecule has 1 fully saturated rings. The van der Waals surface area contributed by atoms with Gasteiger partial charge in [0.2, 0.25) is 11.8 Å². The second-order valence-corrected chi connectivity index (χ2v) is 4.71. The van der Waals surface area contributed by atoms with Crippen molar-refractivity contribution in [2.75, 3.05) is 26.7 Å². The normalized spacial score (nSPS) is 20.9. The SMILES string of the molecule is CCCC(C)(N)C(=O)N1CCN(C)C(=O)C1. The Kier molecular flexibility index (Phi) is 3.91. The predicted octanol–water partition coefficient (Wildman–Crippen LogP) is -0.195. The average molecular weight is 227 g/mol. The third-order valence-electron chi connectivity index (χ3n) is 3.00. The Morgan fingerprint density at radius 2 is 2.12 bits per heavy atom. The molecule has 1 heterocycles. The van der Waals surface area contributed by atoms with Crippen molar-refractivity contribution in [2.45, 2.75) is 32.2 Å². The highest BCUT2D eigenvalue weighted by atomic mass is 16.2. The van der Waals surface area contributed by atoms with E-state index < -0.39 is 5.54 Å². The lowest BCUT2D eigenvalue weighted by Gasteiger charge is -2.36. The first-order valence-corrected chi connectivity index (χ1v) is 5.70. The number of carbonyl (C=O) groups is 2. The first-order chi connectivity index (χ1) is 7.38. The van der Waals surface area contributed by atoms with E-state index in [1.165, 1.54) is 0 Å². The van der Waals surface area contributed by atoms with Crippen LogP contribution in [0.25, 0.3) is 0 Å². The number of piperazine rings is 1. The topological polar surface area (TPSA) is 66.6 Å². The van der Waals surface area contributed by atoms with Crippen LogP contribution in [-0.2, 0) is 9.59 Å². The summed E-state index contributed by atoms with van der Waals surface area (Å²) < 4.78 is 0. The van der Waals surface area contributed by atoms with E-state index in [9.17, 15) is 9.59 Å². The number of hydrogen-bond acceptors (Lipinski definition) is 3. The van der Waals surface area contributed by atoms with Crippen LogP contribution >= 0.6 is 0 Å². The van der Waals surface area contributed by atoms with Crippen LogP contribution in [0.5, 0.6) is 0 Å². The zero-order valence-corrected chi connectivity index (χ0v) is 10.3. The number of nitrogens with two attached hydrogens (primary N) is 1. The third-order valence-corrected chi connectivity index (χ3v) is 3.00. The van der Waals surface area contributed by atoms with E-state index >= 15 is 0 Å². The van der Waals surface area contributed by atoms with Crippen molar-refractivity contribution in [3.05, 3.63) is 0 Å². The molecule has 0 aromatic carbocycles. The molecule has 5 heteroatoms. The summed E-state index contributed by atoms with van der Waals surface area (Å²) in [6.07, 6.45) is 1.51. The molecule has 0 aromatic heterocycles. The summed E-state index contributed by atoms with van der Waals surface area (Å²) in [5, 5.41) is 0. The molecule has 5 nitrogen and oxygen atoms in total. The van der Waals surface area contributed by atoms with E-state index in [-0.39, 0.29) is 18.4 Å². The van der Waals surface area contributed by atoms with Gasteiger partial charge in [0, 0.05) is 20.1 Å². The molecular formula is C11H21N3O2. The van der Waals surface area contributed by atoms with Gasteiger partial charge in [-0.05, 0) is 13.3 Å². The van der Waals surface area contributed by atoms with Crippen molar-refractivity contribution in [2.24, 2.45) is 5.73 Å². The minimum Gasteiger partial charge on any atom is -0.342 e. The third kappa shape index (κ3) is 2.72. The molecule has 1 atom stereocenters. The molecule has 2 N–H and O–H groups in total. The minimum absolute atomic E-state index is 0.0214. The lowest BCUT2D eigenvalue weighted by Crippen LogP contribution is -2.59. The van der Waals surface area contributed by atoms with Gasteiger partial charge in [0.15, 0.2) is 0 Å². The van der Waals surface area contributed by atoms with Crippen LogP contribution in [0.2, 0.25) is 0 Å². The Bertz CT molecular complexity index is 289. The predicted molar refractivity (Wildman–Crippen MR) is 61.7 cm³/mol. The second-order valence-electron chi connectivity index (χ2n) is 4.71. The van der Waals surface area contributed by atoms with Crippen LogP contribution in [0.3, 0.4) is 0 Å². The molecule has 1 saturated heterocycles. The van der Waals surface area contributed by atoms with Gasteiger partial charge in [0.05, 0.1) is 12.1 Å². The van der Waals surface area contributed by atoms with Crippen LogP contribution in [0.4, 0.5) is 0 Å². The monoisotopic (exact) mass is 227 g/mol. The summed E-state index contributed by atoms with van der Waals surface area (Å²) in [6.45, 7) is 5.06. The number of amides is 2. The van der Waals surface area contributed by atoms with Gasteiger partial charge in [0.25, 0.3) is 0 Å². The summed E-state index contributed by atoms with van der Waals surface area (Å²) >= 11 is 0. The molecule has 0 aliphatic carbocycles. The molecule has 2 amide bonds. The highest BCUT2D eigenvalue weighted by Crippen LogP contribution is 2.14. The van der Waals surface area contributed by atoms with Crippen LogP contribution < -0.4 is 5.73 Å². The van der Waals surface area contributed by atoms with Gasteiger partial charge in [-0.1, -0.05) is 13.3 Å². The van der Waals surface area contributed by atoms with E-state index in [0.717, 1.165) is 6.42 Å². The van der Waals surface area contributed by atoms with Crippen molar-refractivity contribution in [3.8, 4) is 0 Å². The van der Waals surface area contributed by atoms with E-state index in [1.807, 2.05) is 6.92 Å². The standard InChI is InChI=1S/C11H21N3O2/c1-4-5-11(2,12)10(16)14-7-6-13(3)9(15)8-14/h4-8,12H2,1-3H3. The molecule has 0 saturated carbocycles. The first kappa shape index (κ1) is 13.0. The number of rotatable bonds is 3.